The van der Waals surface area contributed by atoms with Crippen molar-refractivity contribution in [3.8, 4) is 5.75 Å². The Hall–Kier alpha value is -2.82. The molecule has 0 bridgehead atoms. The van der Waals surface area contributed by atoms with Crippen molar-refractivity contribution in [2.45, 2.75) is 25.1 Å². The zero-order valence-corrected chi connectivity index (χ0v) is 16.4. The highest BCUT2D eigenvalue weighted by Crippen LogP contribution is 2.42. The van der Waals surface area contributed by atoms with E-state index < -0.39 is 47.8 Å². The molecule has 0 aliphatic heterocycles. The molecule has 2 rings (SSSR count). The minimum Gasteiger partial charge on any atom is -0.496 e. The monoisotopic (exact) mass is 477 g/mol. The van der Waals surface area contributed by atoms with Crippen LogP contribution >= 0.6 is 15.9 Å². The Labute approximate surface area is 170 Å². The predicted octanol–water partition coefficient (Wildman–Crippen LogP) is 3.68. The van der Waals surface area contributed by atoms with Crippen LogP contribution in [-0.2, 0) is 15.8 Å². The lowest BCUT2D eigenvalue weighted by Gasteiger charge is -2.18. The normalized spacial score (nSPS) is 12.4. The molecule has 0 heterocycles. The van der Waals surface area contributed by atoms with E-state index in [9.17, 15) is 32.7 Å². The molecule has 0 aliphatic rings. The van der Waals surface area contributed by atoms with Gasteiger partial charge in [0.05, 0.1) is 12.7 Å². The van der Waals surface area contributed by atoms with Crippen molar-refractivity contribution in [2.24, 2.45) is 0 Å². The van der Waals surface area contributed by atoms with E-state index in [0.717, 1.165) is 13.2 Å². The van der Waals surface area contributed by atoms with Gasteiger partial charge in [-0.2, -0.15) is 13.2 Å². The summed E-state index contributed by atoms with van der Waals surface area (Å²) in [5, 5.41) is 19.7. The van der Waals surface area contributed by atoms with E-state index in [0.29, 0.717) is 0 Å². The van der Waals surface area contributed by atoms with Gasteiger partial charge in [0.25, 0.3) is 5.91 Å². The minimum absolute atomic E-state index is 0.0765. The molecular formula is C18H15BrF3NO6. The summed E-state index contributed by atoms with van der Waals surface area (Å²) in [4.78, 5) is 34.7. The molecule has 7 nitrogen and oxygen atoms in total. The molecule has 156 valence electrons. The van der Waals surface area contributed by atoms with Gasteiger partial charge in [0, 0.05) is 10.9 Å². The van der Waals surface area contributed by atoms with Crippen LogP contribution in [0.15, 0.2) is 28.7 Å². The summed E-state index contributed by atoms with van der Waals surface area (Å²) in [7, 11) is 1.09. The van der Waals surface area contributed by atoms with Gasteiger partial charge in [0.15, 0.2) is 0 Å². The molecule has 3 N–H and O–H groups in total. The highest BCUT2D eigenvalue weighted by molar-refractivity contribution is 9.10. The van der Waals surface area contributed by atoms with Gasteiger partial charge >= 0.3 is 18.1 Å². The van der Waals surface area contributed by atoms with Crippen LogP contribution in [0.25, 0.3) is 10.8 Å². The van der Waals surface area contributed by atoms with Crippen molar-refractivity contribution < 1.29 is 42.5 Å². The fraction of sp³-hybridized carbons (Fsp3) is 0.278. The van der Waals surface area contributed by atoms with E-state index >= 15 is 0 Å². The second kappa shape index (κ2) is 8.68. The topological polar surface area (TPSA) is 113 Å². The van der Waals surface area contributed by atoms with Gasteiger partial charge in [-0.05, 0) is 51.3 Å². The lowest BCUT2D eigenvalue weighted by molar-refractivity contribution is -0.141. The summed E-state index contributed by atoms with van der Waals surface area (Å²) in [6, 6.07) is 3.20. The van der Waals surface area contributed by atoms with Crippen LogP contribution in [-0.4, -0.2) is 41.2 Å². The largest absolute Gasteiger partial charge is 0.496 e. The first kappa shape index (κ1) is 22.5. The fourth-order valence-corrected chi connectivity index (χ4v) is 3.33. The maximum absolute atomic E-state index is 13.6. The molecule has 0 aliphatic carbocycles. The molecule has 2 aromatic carbocycles. The van der Waals surface area contributed by atoms with Crippen LogP contribution in [0.4, 0.5) is 13.2 Å². The first-order valence-electron chi connectivity index (χ1n) is 8.09. The van der Waals surface area contributed by atoms with E-state index in [1.165, 1.54) is 18.2 Å². The Balaban J connectivity index is 2.57. The van der Waals surface area contributed by atoms with Gasteiger partial charge in [-0.15, -0.1) is 0 Å². The van der Waals surface area contributed by atoms with Crippen LogP contribution in [0, 0.1) is 0 Å². The zero-order chi connectivity index (χ0) is 21.9. The number of ether oxygens (including phenoxy) is 1. The molecule has 0 aromatic heterocycles. The van der Waals surface area contributed by atoms with E-state index in [1.54, 1.807) is 0 Å². The number of amides is 1. The number of benzene rings is 2. The fourth-order valence-electron chi connectivity index (χ4n) is 2.81. The zero-order valence-electron chi connectivity index (χ0n) is 14.8. The van der Waals surface area contributed by atoms with Crippen molar-refractivity contribution >= 4 is 44.5 Å². The average molecular weight is 478 g/mol. The predicted molar refractivity (Wildman–Crippen MR) is 99.0 cm³/mol. The maximum atomic E-state index is 13.6. The van der Waals surface area contributed by atoms with Crippen LogP contribution in [0.3, 0.4) is 0 Å². The van der Waals surface area contributed by atoms with Crippen LogP contribution in [0.2, 0.25) is 0 Å². The standard InChI is InChI=1S/C18H15BrF3NO6/c1-29-12-6-3-8-9(15(12)18(20,21)22)2-4-10(19)14(8)16(26)23-11(17(27)28)5-7-13(24)25/h2-4,6,11H,5,7H2,1H3,(H,23,26)(H,24,25)(H,27,28)/t11-/m0/s1. The van der Waals surface area contributed by atoms with E-state index in [1.807, 2.05) is 0 Å². The summed E-state index contributed by atoms with van der Waals surface area (Å²) in [6.07, 6.45) is -5.67. The van der Waals surface area contributed by atoms with E-state index in [2.05, 4.69) is 21.2 Å². The second-order valence-corrected chi connectivity index (χ2v) is 6.81. The molecule has 29 heavy (non-hydrogen) atoms. The van der Waals surface area contributed by atoms with Crippen molar-refractivity contribution in [1.29, 1.82) is 0 Å². The number of halogens is 4. The number of hydrogen-bond donors (Lipinski definition) is 3. The first-order valence-corrected chi connectivity index (χ1v) is 8.88. The molecule has 0 unspecified atom stereocenters. The van der Waals surface area contributed by atoms with Crippen molar-refractivity contribution in [1.82, 2.24) is 5.32 Å². The maximum Gasteiger partial charge on any atom is 0.420 e. The number of rotatable bonds is 7. The molecule has 0 fully saturated rings. The molecule has 1 atom stereocenters. The lowest BCUT2D eigenvalue weighted by Crippen LogP contribution is -2.41. The number of aliphatic carboxylic acids is 2. The van der Waals surface area contributed by atoms with Gasteiger partial charge < -0.3 is 20.3 Å². The third kappa shape index (κ3) is 4.97. The van der Waals surface area contributed by atoms with Crippen LogP contribution in [0.1, 0.15) is 28.8 Å². The van der Waals surface area contributed by atoms with E-state index in [4.69, 9.17) is 9.84 Å². The molecular weight excluding hydrogens is 463 g/mol. The molecule has 0 saturated heterocycles. The second-order valence-electron chi connectivity index (χ2n) is 5.95. The number of carbonyl (C=O) groups is 3. The third-order valence-electron chi connectivity index (χ3n) is 4.09. The number of methoxy groups -OCH3 is 1. The molecule has 2 aromatic rings. The summed E-state index contributed by atoms with van der Waals surface area (Å²) < 4.78 is 45.6. The Morgan fingerprint density at radius 1 is 1.14 bits per heavy atom. The van der Waals surface area contributed by atoms with Gasteiger partial charge in [-0.1, -0.05) is 6.07 Å². The molecule has 1 amide bonds. The van der Waals surface area contributed by atoms with Gasteiger partial charge in [0.2, 0.25) is 0 Å². The number of carboxylic acids is 2. The summed E-state index contributed by atoms with van der Waals surface area (Å²) in [5.74, 6) is -4.10. The number of hydrogen-bond acceptors (Lipinski definition) is 4. The lowest BCUT2D eigenvalue weighted by atomic mass is 9.98. The average Bonchev–Trinajstić information content (AvgIpc) is 2.62. The molecule has 0 radical (unpaired) electrons. The smallest absolute Gasteiger partial charge is 0.420 e. The Morgan fingerprint density at radius 2 is 1.76 bits per heavy atom. The summed E-state index contributed by atoms with van der Waals surface area (Å²) >= 11 is 3.10. The number of fused-ring (bicyclic) bond motifs is 1. The quantitative estimate of drug-likeness (QED) is 0.560. The Kier molecular flexibility index (Phi) is 6.73. The number of carboxylic acid groups (broad SMARTS) is 2. The highest BCUT2D eigenvalue weighted by atomic mass is 79.9. The van der Waals surface area contributed by atoms with Gasteiger partial charge in [0.1, 0.15) is 17.4 Å². The van der Waals surface area contributed by atoms with Crippen LogP contribution in [0.5, 0.6) is 5.75 Å². The summed E-state index contributed by atoms with van der Waals surface area (Å²) in [6.45, 7) is 0. The highest BCUT2D eigenvalue weighted by Gasteiger charge is 2.37. The van der Waals surface area contributed by atoms with Gasteiger partial charge in [-0.3, -0.25) is 9.59 Å². The third-order valence-corrected chi connectivity index (χ3v) is 4.75. The first-order chi connectivity index (χ1) is 13.5. The Bertz CT molecular complexity index is 976. The SMILES string of the molecule is COc1ccc2c(C(=O)N[C@@H](CCC(=O)O)C(=O)O)c(Br)ccc2c1C(F)(F)F. The van der Waals surface area contributed by atoms with Crippen LogP contribution < -0.4 is 10.1 Å². The number of alkyl halides is 3. The number of carbonyl (C=O) groups excluding carboxylic acids is 1. The molecule has 0 saturated carbocycles. The summed E-state index contributed by atoms with van der Waals surface area (Å²) in [5.41, 5.74) is -1.28. The minimum atomic E-state index is -4.77. The van der Waals surface area contributed by atoms with Gasteiger partial charge in [-0.25, -0.2) is 4.79 Å². The molecule has 11 heteroatoms. The number of nitrogens with one attached hydrogen (secondary N) is 1. The Morgan fingerprint density at radius 3 is 2.28 bits per heavy atom. The van der Waals surface area contributed by atoms with Crippen molar-refractivity contribution in [3.05, 3.63) is 39.9 Å². The molecule has 0 spiro atoms. The van der Waals surface area contributed by atoms with Crippen molar-refractivity contribution in [2.75, 3.05) is 7.11 Å². The van der Waals surface area contributed by atoms with Crippen molar-refractivity contribution in [3.63, 3.8) is 0 Å². The van der Waals surface area contributed by atoms with E-state index in [-0.39, 0.29) is 27.2 Å².